The highest BCUT2D eigenvalue weighted by Crippen LogP contribution is 2.31. The van der Waals surface area contributed by atoms with Crippen LogP contribution in [-0.4, -0.2) is 23.0 Å². The Bertz CT molecular complexity index is 1270. The predicted molar refractivity (Wildman–Crippen MR) is 115 cm³/mol. The van der Waals surface area contributed by atoms with E-state index in [1.165, 1.54) is 11.3 Å². The number of nitrogens with zero attached hydrogens (tertiary/aromatic N) is 1. The van der Waals surface area contributed by atoms with Gasteiger partial charge in [-0.2, -0.15) is 0 Å². The Kier molecular flexibility index (Phi) is 5.33. The monoisotopic (exact) mass is 425 g/mol. The molecular formula is C21H16ClN3O3S. The summed E-state index contributed by atoms with van der Waals surface area (Å²) in [5.74, 6) is 0.228. The fourth-order valence-electron chi connectivity index (χ4n) is 2.97. The Hall–Kier alpha value is -3.16. The number of rotatable bonds is 5. The molecule has 8 heteroatoms. The number of amides is 1. The minimum Gasteiger partial charge on any atom is -0.497 e. The van der Waals surface area contributed by atoms with E-state index in [-0.39, 0.29) is 17.9 Å². The van der Waals surface area contributed by atoms with E-state index in [2.05, 4.69) is 15.3 Å². The number of halogens is 1. The number of ether oxygens (including phenoxy) is 1. The topological polar surface area (TPSA) is 84.1 Å². The Morgan fingerprint density at radius 3 is 2.86 bits per heavy atom. The summed E-state index contributed by atoms with van der Waals surface area (Å²) in [4.78, 5) is 32.6. The molecule has 0 unspecified atom stereocenters. The van der Waals surface area contributed by atoms with Crippen molar-refractivity contribution in [3.8, 4) is 16.9 Å². The number of fused-ring (bicyclic) bond motifs is 1. The second-order valence-corrected chi connectivity index (χ2v) is 7.58. The van der Waals surface area contributed by atoms with Gasteiger partial charge in [0.25, 0.3) is 11.5 Å². The highest BCUT2D eigenvalue weighted by molar-refractivity contribution is 7.17. The lowest BCUT2D eigenvalue weighted by molar-refractivity contribution is 0.0940. The fraction of sp³-hybridized carbons (Fsp3) is 0.0952. The van der Waals surface area contributed by atoms with Crippen LogP contribution in [0.2, 0.25) is 5.02 Å². The largest absolute Gasteiger partial charge is 0.497 e. The molecule has 6 nitrogen and oxygen atoms in total. The van der Waals surface area contributed by atoms with E-state index in [4.69, 9.17) is 16.3 Å². The van der Waals surface area contributed by atoms with Crippen LogP contribution in [0, 0.1) is 0 Å². The first-order valence-electron chi connectivity index (χ1n) is 8.74. The molecule has 0 radical (unpaired) electrons. The maximum absolute atomic E-state index is 12.7. The lowest BCUT2D eigenvalue weighted by Gasteiger charge is -2.07. The normalized spacial score (nSPS) is 10.8. The zero-order valence-corrected chi connectivity index (χ0v) is 16.9. The number of aromatic nitrogens is 2. The van der Waals surface area contributed by atoms with Gasteiger partial charge in [-0.3, -0.25) is 9.59 Å². The van der Waals surface area contributed by atoms with Gasteiger partial charge in [-0.25, -0.2) is 4.98 Å². The van der Waals surface area contributed by atoms with Crippen LogP contribution in [0.25, 0.3) is 21.3 Å². The summed E-state index contributed by atoms with van der Waals surface area (Å²) in [7, 11) is 1.58. The molecule has 2 N–H and O–H groups in total. The number of thiophene rings is 1. The number of benzene rings is 2. The fourth-order valence-corrected chi connectivity index (χ4v) is 4.11. The van der Waals surface area contributed by atoms with Gasteiger partial charge >= 0.3 is 0 Å². The number of hydrogen-bond acceptors (Lipinski definition) is 5. The number of aromatic amines is 1. The molecule has 0 aliphatic carbocycles. The van der Waals surface area contributed by atoms with Crippen LogP contribution in [-0.2, 0) is 6.54 Å². The van der Waals surface area contributed by atoms with Crippen molar-refractivity contribution in [1.29, 1.82) is 0 Å². The Labute approximate surface area is 175 Å². The van der Waals surface area contributed by atoms with Crippen LogP contribution in [0.1, 0.15) is 16.2 Å². The number of nitrogens with one attached hydrogen (secondary N) is 2. The van der Waals surface area contributed by atoms with E-state index in [0.717, 1.165) is 16.7 Å². The molecule has 4 rings (SSSR count). The lowest BCUT2D eigenvalue weighted by atomic mass is 10.1. The minimum atomic E-state index is -0.454. The SMILES string of the molecule is COc1cccc(CNC(=O)c2nc3scc(-c4cccc(Cl)c4)c3c(=O)[nH]2)c1. The van der Waals surface area contributed by atoms with Crippen molar-refractivity contribution >= 4 is 39.1 Å². The van der Waals surface area contributed by atoms with Crippen molar-refractivity contribution in [2.24, 2.45) is 0 Å². The maximum atomic E-state index is 12.7. The van der Waals surface area contributed by atoms with Crippen molar-refractivity contribution in [3.05, 3.63) is 80.7 Å². The number of carbonyl (C=O) groups is 1. The van der Waals surface area contributed by atoms with Gasteiger partial charge in [-0.1, -0.05) is 35.9 Å². The molecule has 0 saturated heterocycles. The van der Waals surface area contributed by atoms with Gasteiger partial charge < -0.3 is 15.0 Å². The van der Waals surface area contributed by atoms with E-state index in [9.17, 15) is 9.59 Å². The van der Waals surface area contributed by atoms with Gasteiger partial charge in [0.05, 0.1) is 12.5 Å². The highest BCUT2D eigenvalue weighted by atomic mass is 35.5. The molecule has 0 aliphatic heterocycles. The van der Waals surface area contributed by atoms with E-state index >= 15 is 0 Å². The molecule has 1 amide bonds. The number of H-pyrrole nitrogens is 1. The predicted octanol–water partition coefficient (Wildman–Crippen LogP) is 4.24. The van der Waals surface area contributed by atoms with Crippen molar-refractivity contribution in [2.75, 3.05) is 7.11 Å². The zero-order chi connectivity index (χ0) is 20.4. The molecule has 0 saturated carbocycles. The van der Waals surface area contributed by atoms with Gasteiger partial charge in [0.15, 0.2) is 0 Å². The number of hydrogen-bond donors (Lipinski definition) is 2. The third-order valence-electron chi connectivity index (χ3n) is 4.38. The first-order valence-corrected chi connectivity index (χ1v) is 9.99. The molecule has 0 bridgehead atoms. The molecule has 146 valence electrons. The molecule has 29 heavy (non-hydrogen) atoms. The summed E-state index contributed by atoms with van der Waals surface area (Å²) in [6.07, 6.45) is 0. The molecule has 2 heterocycles. The van der Waals surface area contributed by atoms with Gasteiger partial charge in [0.2, 0.25) is 5.82 Å². The van der Waals surface area contributed by atoms with Crippen LogP contribution in [0.15, 0.2) is 58.7 Å². The molecule has 4 aromatic rings. The Balaban J connectivity index is 1.60. The van der Waals surface area contributed by atoms with E-state index in [0.29, 0.717) is 21.0 Å². The van der Waals surface area contributed by atoms with Gasteiger partial charge in [0, 0.05) is 22.5 Å². The quantitative estimate of drug-likeness (QED) is 0.500. The summed E-state index contributed by atoms with van der Waals surface area (Å²) in [5, 5.41) is 5.64. The van der Waals surface area contributed by atoms with Crippen LogP contribution in [0.5, 0.6) is 5.75 Å². The zero-order valence-electron chi connectivity index (χ0n) is 15.4. The Morgan fingerprint density at radius 1 is 1.24 bits per heavy atom. The van der Waals surface area contributed by atoms with Crippen LogP contribution < -0.4 is 15.6 Å². The van der Waals surface area contributed by atoms with Crippen LogP contribution in [0.3, 0.4) is 0 Å². The molecule has 0 fully saturated rings. The first kappa shape index (κ1) is 19.2. The molecule has 2 aromatic heterocycles. The molecule has 0 spiro atoms. The van der Waals surface area contributed by atoms with Gasteiger partial charge in [-0.05, 0) is 35.4 Å². The average Bonchev–Trinajstić information content (AvgIpc) is 3.17. The van der Waals surface area contributed by atoms with E-state index in [1.807, 2.05) is 41.8 Å². The lowest BCUT2D eigenvalue weighted by Crippen LogP contribution is -2.27. The summed E-state index contributed by atoms with van der Waals surface area (Å²) in [6, 6.07) is 14.6. The van der Waals surface area contributed by atoms with Crippen molar-refractivity contribution in [1.82, 2.24) is 15.3 Å². The minimum absolute atomic E-state index is 0.0232. The molecular weight excluding hydrogens is 410 g/mol. The van der Waals surface area contributed by atoms with Gasteiger partial charge in [0.1, 0.15) is 10.6 Å². The summed E-state index contributed by atoms with van der Waals surface area (Å²) in [5.41, 5.74) is 2.08. The summed E-state index contributed by atoms with van der Waals surface area (Å²) in [6.45, 7) is 0.288. The molecule has 0 aliphatic rings. The first-order chi connectivity index (χ1) is 14.0. The number of carbonyl (C=O) groups excluding carboxylic acids is 1. The second kappa shape index (κ2) is 8.06. The molecule has 2 aromatic carbocycles. The third kappa shape index (κ3) is 4.01. The smallest absolute Gasteiger partial charge is 0.287 e. The van der Waals surface area contributed by atoms with Crippen molar-refractivity contribution in [2.45, 2.75) is 6.54 Å². The van der Waals surface area contributed by atoms with Crippen molar-refractivity contribution < 1.29 is 9.53 Å². The van der Waals surface area contributed by atoms with Crippen LogP contribution in [0.4, 0.5) is 0 Å². The van der Waals surface area contributed by atoms with E-state index in [1.54, 1.807) is 19.2 Å². The summed E-state index contributed by atoms with van der Waals surface area (Å²) < 4.78 is 5.18. The Morgan fingerprint density at radius 2 is 2.07 bits per heavy atom. The van der Waals surface area contributed by atoms with Crippen LogP contribution >= 0.6 is 22.9 Å². The number of methoxy groups -OCH3 is 1. The average molecular weight is 426 g/mol. The highest BCUT2D eigenvalue weighted by Gasteiger charge is 2.16. The van der Waals surface area contributed by atoms with Gasteiger partial charge in [-0.15, -0.1) is 11.3 Å². The maximum Gasteiger partial charge on any atom is 0.287 e. The van der Waals surface area contributed by atoms with E-state index < -0.39 is 5.91 Å². The second-order valence-electron chi connectivity index (χ2n) is 6.29. The van der Waals surface area contributed by atoms with Crippen molar-refractivity contribution in [3.63, 3.8) is 0 Å². The third-order valence-corrected chi connectivity index (χ3v) is 5.49. The summed E-state index contributed by atoms with van der Waals surface area (Å²) >= 11 is 7.37. The standard InChI is InChI=1S/C21H16ClN3O3S/c1-28-15-7-2-4-12(8-15)10-23-20(27)18-24-19(26)17-16(11-29-21(17)25-18)13-5-3-6-14(22)9-13/h2-9,11H,10H2,1H3,(H,23,27)(H,24,25,26). The molecule has 0 atom stereocenters.